The summed E-state index contributed by atoms with van der Waals surface area (Å²) in [5.74, 6) is 1.45. The van der Waals surface area contributed by atoms with Gasteiger partial charge in [-0.1, -0.05) is 18.7 Å². The number of fused-ring (bicyclic) bond motifs is 1. The summed E-state index contributed by atoms with van der Waals surface area (Å²) in [6.07, 6.45) is 3.47. The SMILES string of the molecule is C=CC(O)N1CCC(c2cnn3c(C(N)=O)c(-c4ccc(Oc5ccccc5OC)cc4)[nH]c23)C1. The van der Waals surface area contributed by atoms with Crippen LogP contribution in [0.3, 0.4) is 0 Å². The lowest BCUT2D eigenvalue weighted by Crippen LogP contribution is -2.31. The zero-order chi connectivity index (χ0) is 24.5. The van der Waals surface area contributed by atoms with Gasteiger partial charge in [-0.15, -0.1) is 0 Å². The molecule has 1 saturated heterocycles. The minimum absolute atomic E-state index is 0.158. The molecule has 2 unspecified atom stereocenters. The molecule has 2 atom stereocenters. The number of benzene rings is 2. The number of primary amides is 1. The van der Waals surface area contributed by atoms with Crippen molar-refractivity contribution in [1.29, 1.82) is 0 Å². The van der Waals surface area contributed by atoms with Gasteiger partial charge in [-0.25, -0.2) is 4.52 Å². The number of nitrogens with zero attached hydrogens (tertiary/aromatic N) is 3. The summed E-state index contributed by atoms with van der Waals surface area (Å²) in [6, 6.07) is 14.8. The Bertz CT molecular complexity index is 1370. The second-order valence-electron chi connectivity index (χ2n) is 8.48. The summed E-state index contributed by atoms with van der Waals surface area (Å²) in [4.78, 5) is 17.7. The summed E-state index contributed by atoms with van der Waals surface area (Å²) in [5.41, 5.74) is 9.11. The van der Waals surface area contributed by atoms with Gasteiger partial charge in [0, 0.05) is 30.1 Å². The number of aromatic nitrogens is 3. The molecule has 4 N–H and O–H groups in total. The predicted octanol–water partition coefficient (Wildman–Crippen LogP) is 3.52. The number of aliphatic hydroxyl groups excluding tert-OH is 1. The van der Waals surface area contributed by atoms with E-state index in [1.54, 1.807) is 17.8 Å². The Labute approximate surface area is 202 Å². The highest BCUT2D eigenvalue weighted by molar-refractivity contribution is 5.98. The maximum atomic E-state index is 12.4. The largest absolute Gasteiger partial charge is 0.493 e. The summed E-state index contributed by atoms with van der Waals surface area (Å²) in [5, 5.41) is 14.6. The average Bonchev–Trinajstić information content (AvgIpc) is 3.59. The van der Waals surface area contributed by atoms with Crippen LogP contribution in [0.4, 0.5) is 0 Å². The minimum Gasteiger partial charge on any atom is -0.493 e. The average molecular weight is 474 g/mol. The van der Waals surface area contributed by atoms with Crippen LogP contribution in [0.1, 0.15) is 28.4 Å². The number of ether oxygens (including phenoxy) is 2. The van der Waals surface area contributed by atoms with Gasteiger partial charge in [0.1, 0.15) is 17.6 Å². The Hall–Kier alpha value is -4.08. The third-order valence-electron chi connectivity index (χ3n) is 6.41. The van der Waals surface area contributed by atoms with Crippen LogP contribution in [0.2, 0.25) is 0 Å². The van der Waals surface area contributed by atoms with Crippen molar-refractivity contribution in [2.24, 2.45) is 5.73 Å². The van der Waals surface area contributed by atoms with Crippen LogP contribution in [0.15, 0.2) is 67.4 Å². The number of nitrogens with two attached hydrogens (primary N) is 1. The van der Waals surface area contributed by atoms with E-state index in [9.17, 15) is 9.90 Å². The molecule has 3 heterocycles. The number of rotatable bonds is 8. The van der Waals surface area contributed by atoms with Gasteiger partial charge in [0.25, 0.3) is 5.91 Å². The van der Waals surface area contributed by atoms with Crippen molar-refractivity contribution in [1.82, 2.24) is 19.5 Å². The summed E-state index contributed by atoms with van der Waals surface area (Å²) < 4.78 is 12.9. The van der Waals surface area contributed by atoms with Gasteiger partial charge in [0.15, 0.2) is 17.2 Å². The van der Waals surface area contributed by atoms with Crippen LogP contribution in [0.5, 0.6) is 17.2 Å². The van der Waals surface area contributed by atoms with Crippen molar-refractivity contribution >= 4 is 11.6 Å². The summed E-state index contributed by atoms with van der Waals surface area (Å²) in [7, 11) is 1.59. The number of imidazole rings is 1. The molecular formula is C26H27N5O4. The minimum atomic E-state index is -0.678. The number of methoxy groups -OCH3 is 1. The fourth-order valence-corrected chi connectivity index (χ4v) is 4.62. The molecular weight excluding hydrogens is 446 g/mol. The number of carbonyl (C=O) groups excluding carboxylic acids is 1. The second-order valence-corrected chi connectivity index (χ2v) is 8.48. The van der Waals surface area contributed by atoms with E-state index in [-0.39, 0.29) is 11.6 Å². The Morgan fingerprint density at radius 2 is 2.00 bits per heavy atom. The van der Waals surface area contributed by atoms with Gasteiger partial charge < -0.3 is 25.3 Å². The van der Waals surface area contributed by atoms with Crippen molar-refractivity contribution in [3.8, 4) is 28.5 Å². The first-order chi connectivity index (χ1) is 17.0. The fourth-order valence-electron chi connectivity index (χ4n) is 4.62. The van der Waals surface area contributed by atoms with Crippen molar-refractivity contribution in [3.05, 3.63) is 78.6 Å². The molecule has 35 heavy (non-hydrogen) atoms. The van der Waals surface area contributed by atoms with Gasteiger partial charge in [0.05, 0.1) is 19.0 Å². The van der Waals surface area contributed by atoms with E-state index in [4.69, 9.17) is 15.2 Å². The molecule has 2 aromatic carbocycles. The van der Waals surface area contributed by atoms with E-state index in [1.807, 2.05) is 53.4 Å². The van der Waals surface area contributed by atoms with E-state index in [0.717, 1.165) is 29.7 Å². The number of aromatic amines is 1. The Balaban J connectivity index is 1.46. The highest BCUT2D eigenvalue weighted by atomic mass is 16.5. The van der Waals surface area contributed by atoms with Crippen molar-refractivity contribution in [2.45, 2.75) is 18.6 Å². The molecule has 1 amide bonds. The van der Waals surface area contributed by atoms with Gasteiger partial charge in [-0.05, 0) is 48.9 Å². The smallest absolute Gasteiger partial charge is 0.269 e. The Morgan fingerprint density at radius 3 is 2.69 bits per heavy atom. The zero-order valence-corrected chi connectivity index (χ0v) is 19.3. The maximum Gasteiger partial charge on any atom is 0.269 e. The molecule has 5 rings (SSSR count). The molecule has 0 saturated carbocycles. The topological polar surface area (TPSA) is 118 Å². The molecule has 1 fully saturated rings. The predicted molar refractivity (Wildman–Crippen MR) is 132 cm³/mol. The van der Waals surface area contributed by atoms with Gasteiger partial charge in [-0.2, -0.15) is 5.10 Å². The molecule has 0 bridgehead atoms. The van der Waals surface area contributed by atoms with Crippen molar-refractivity contribution < 1.29 is 19.4 Å². The van der Waals surface area contributed by atoms with Gasteiger partial charge >= 0.3 is 0 Å². The molecule has 180 valence electrons. The molecule has 0 aliphatic carbocycles. The first kappa shape index (κ1) is 22.7. The van der Waals surface area contributed by atoms with E-state index in [0.29, 0.717) is 29.5 Å². The lowest BCUT2D eigenvalue weighted by Gasteiger charge is -2.19. The molecule has 9 heteroatoms. The van der Waals surface area contributed by atoms with Crippen LogP contribution in [0, 0.1) is 0 Å². The number of hydrogen-bond acceptors (Lipinski definition) is 6. The van der Waals surface area contributed by atoms with Crippen LogP contribution in [-0.2, 0) is 0 Å². The van der Waals surface area contributed by atoms with Crippen LogP contribution < -0.4 is 15.2 Å². The number of likely N-dealkylation sites (tertiary alicyclic amines) is 1. The first-order valence-corrected chi connectivity index (χ1v) is 11.4. The molecule has 2 aromatic heterocycles. The zero-order valence-electron chi connectivity index (χ0n) is 19.3. The quantitative estimate of drug-likeness (QED) is 0.337. The highest BCUT2D eigenvalue weighted by Crippen LogP contribution is 2.35. The molecule has 4 aromatic rings. The van der Waals surface area contributed by atoms with Crippen LogP contribution in [0.25, 0.3) is 16.9 Å². The molecule has 0 radical (unpaired) electrons. The molecule has 0 spiro atoms. The number of H-pyrrole nitrogens is 1. The fraction of sp³-hybridized carbons (Fsp3) is 0.231. The highest BCUT2D eigenvalue weighted by Gasteiger charge is 2.31. The van der Waals surface area contributed by atoms with E-state index in [2.05, 4.69) is 16.7 Å². The lowest BCUT2D eigenvalue weighted by molar-refractivity contribution is 0.0605. The van der Waals surface area contributed by atoms with E-state index in [1.165, 1.54) is 6.08 Å². The normalized spacial score (nSPS) is 16.9. The monoisotopic (exact) mass is 473 g/mol. The van der Waals surface area contributed by atoms with E-state index < -0.39 is 12.1 Å². The van der Waals surface area contributed by atoms with Crippen molar-refractivity contribution in [3.63, 3.8) is 0 Å². The van der Waals surface area contributed by atoms with Gasteiger partial charge in [-0.3, -0.25) is 9.69 Å². The van der Waals surface area contributed by atoms with E-state index >= 15 is 0 Å². The molecule has 1 aliphatic rings. The Morgan fingerprint density at radius 1 is 1.26 bits per heavy atom. The molecule has 1 aliphatic heterocycles. The Kier molecular flexibility index (Phi) is 6.02. The number of carbonyl (C=O) groups is 1. The first-order valence-electron chi connectivity index (χ1n) is 11.4. The number of hydrogen-bond donors (Lipinski definition) is 3. The summed E-state index contributed by atoms with van der Waals surface area (Å²) >= 11 is 0. The lowest BCUT2D eigenvalue weighted by atomic mass is 10.0. The van der Waals surface area contributed by atoms with Crippen LogP contribution in [-0.4, -0.2) is 56.9 Å². The third kappa shape index (κ3) is 4.16. The second kappa shape index (κ2) is 9.28. The number of aliphatic hydroxyl groups is 1. The number of amides is 1. The maximum absolute atomic E-state index is 12.4. The summed E-state index contributed by atoms with van der Waals surface area (Å²) in [6.45, 7) is 5.09. The third-order valence-corrected chi connectivity index (χ3v) is 6.41. The van der Waals surface area contributed by atoms with Gasteiger partial charge in [0.2, 0.25) is 0 Å². The standard InChI is InChI=1S/C26H27N5O4/c1-3-22(32)30-13-12-17(15-30)19-14-28-31-24(25(27)33)23(29-26(19)31)16-8-10-18(11-9-16)35-21-7-5-4-6-20(21)34-2/h3-11,14,17,22,29,32H,1,12-13,15H2,2H3,(H2,27,33). The number of para-hydroxylation sites is 2. The number of nitrogens with one attached hydrogen (secondary N) is 1. The van der Waals surface area contributed by atoms with Crippen LogP contribution >= 0.6 is 0 Å². The van der Waals surface area contributed by atoms with Crippen molar-refractivity contribution in [2.75, 3.05) is 20.2 Å². The molecule has 9 nitrogen and oxygen atoms in total.